The maximum Gasteiger partial charge on any atom is 0.471 e. The van der Waals surface area contributed by atoms with Crippen molar-refractivity contribution in [3.63, 3.8) is 0 Å². The van der Waals surface area contributed by atoms with Crippen LogP contribution < -0.4 is 16.0 Å². The summed E-state index contributed by atoms with van der Waals surface area (Å²) in [6.45, 7) is 2.27. The second kappa shape index (κ2) is 15.0. The highest BCUT2D eigenvalue weighted by Crippen LogP contribution is 2.22. The minimum absolute atomic E-state index is 0.0688. The molecule has 1 saturated heterocycles. The average molecular weight is 573 g/mol. The lowest BCUT2D eigenvalue weighted by molar-refractivity contribution is -0.174. The number of allylic oxidation sites excluding steroid dienone is 1. The Morgan fingerprint density at radius 2 is 1.61 bits per heavy atom. The lowest BCUT2D eigenvalue weighted by atomic mass is 10.0. The Bertz CT molecular complexity index is 1210. The van der Waals surface area contributed by atoms with Crippen LogP contribution in [0.1, 0.15) is 44.6 Å². The van der Waals surface area contributed by atoms with Crippen molar-refractivity contribution in [1.29, 1.82) is 0 Å². The number of amides is 4. The van der Waals surface area contributed by atoms with Gasteiger partial charge in [0.15, 0.2) is 0 Å². The molecule has 8 nitrogen and oxygen atoms in total. The quantitative estimate of drug-likeness (QED) is 0.333. The molecule has 0 unspecified atom stereocenters. The second-order valence-corrected chi connectivity index (χ2v) is 9.82. The number of alkyl halides is 3. The third-order valence-corrected chi connectivity index (χ3v) is 6.65. The number of unbranched alkanes of at least 4 members (excludes halogenated alkanes) is 1. The van der Waals surface area contributed by atoms with Gasteiger partial charge in [-0.2, -0.15) is 13.2 Å². The fourth-order valence-electron chi connectivity index (χ4n) is 4.56. The van der Waals surface area contributed by atoms with Crippen LogP contribution in [-0.4, -0.2) is 59.4 Å². The van der Waals surface area contributed by atoms with Crippen molar-refractivity contribution in [3.8, 4) is 0 Å². The Balaban J connectivity index is 1.80. The first-order valence-corrected chi connectivity index (χ1v) is 13.6. The van der Waals surface area contributed by atoms with E-state index in [-0.39, 0.29) is 25.3 Å². The third kappa shape index (κ3) is 9.47. The van der Waals surface area contributed by atoms with Gasteiger partial charge >= 0.3 is 12.1 Å². The van der Waals surface area contributed by atoms with Crippen LogP contribution in [0.15, 0.2) is 72.8 Å². The average Bonchev–Trinajstić information content (AvgIpc) is 3.45. The molecule has 1 fully saturated rings. The molecule has 3 atom stereocenters. The third-order valence-electron chi connectivity index (χ3n) is 6.65. The number of anilines is 1. The number of halogens is 3. The van der Waals surface area contributed by atoms with Crippen molar-refractivity contribution in [1.82, 2.24) is 15.5 Å². The largest absolute Gasteiger partial charge is 0.471 e. The predicted octanol–water partition coefficient (Wildman–Crippen LogP) is 4.14. The SMILES string of the molecule is CCC/C=C\C[C@@H](NC(=O)[C@H](Cc1ccccc1)NC(=O)C(F)(F)F)C(=O)N1CCC[C@H]1C(=O)Nc1ccccc1. The minimum Gasteiger partial charge on any atom is -0.342 e. The first-order chi connectivity index (χ1) is 19.6. The Morgan fingerprint density at radius 3 is 2.24 bits per heavy atom. The van der Waals surface area contributed by atoms with Gasteiger partial charge in [-0.05, 0) is 43.4 Å². The maximum absolute atomic E-state index is 13.7. The summed E-state index contributed by atoms with van der Waals surface area (Å²) in [5, 5.41) is 7.13. The summed E-state index contributed by atoms with van der Waals surface area (Å²) in [7, 11) is 0. The molecule has 3 N–H and O–H groups in total. The molecule has 0 bridgehead atoms. The molecule has 1 aliphatic heterocycles. The van der Waals surface area contributed by atoms with Crippen LogP contribution in [0.3, 0.4) is 0 Å². The van der Waals surface area contributed by atoms with Crippen LogP contribution in [0.5, 0.6) is 0 Å². The second-order valence-electron chi connectivity index (χ2n) is 9.82. The molecular formula is C30H35F3N4O4. The molecule has 11 heteroatoms. The van der Waals surface area contributed by atoms with Gasteiger partial charge in [0.25, 0.3) is 0 Å². The summed E-state index contributed by atoms with van der Waals surface area (Å²) < 4.78 is 39.2. The standard InChI is InChI=1S/C30H35F3N4O4/c1-2-3-4-11-17-23(28(40)37-19-12-18-25(37)27(39)34-22-15-9-6-10-16-22)35-26(38)24(36-29(41)30(31,32)33)20-21-13-7-5-8-14-21/h4-11,13-16,23-25H,2-3,12,17-20H2,1H3,(H,34,39)(H,35,38)(H,36,41)/b11-4-/t23-,24+,25+/m1/s1. The van der Waals surface area contributed by atoms with Crippen molar-refractivity contribution < 1.29 is 32.3 Å². The monoisotopic (exact) mass is 572 g/mol. The van der Waals surface area contributed by atoms with Gasteiger partial charge in [0, 0.05) is 18.7 Å². The summed E-state index contributed by atoms with van der Waals surface area (Å²) in [5.74, 6) is -4.08. The van der Waals surface area contributed by atoms with Crippen molar-refractivity contribution in [2.24, 2.45) is 0 Å². The lowest BCUT2D eigenvalue weighted by Gasteiger charge is -2.29. The van der Waals surface area contributed by atoms with Gasteiger partial charge in [-0.1, -0.05) is 74.0 Å². The lowest BCUT2D eigenvalue weighted by Crippen LogP contribution is -2.57. The van der Waals surface area contributed by atoms with Gasteiger partial charge in [0.2, 0.25) is 17.7 Å². The number of likely N-dealkylation sites (tertiary alicyclic amines) is 1. The topological polar surface area (TPSA) is 108 Å². The molecule has 0 radical (unpaired) electrons. The molecule has 1 heterocycles. The summed E-state index contributed by atoms with van der Waals surface area (Å²) in [4.78, 5) is 53.2. The Labute approximate surface area is 237 Å². The number of rotatable bonds is 12. The van der Waals surface area contributed by atoms with Gasteiger partial charge in [0.1, 0.15) is 18.1 Å². The molecule has 2 aromatic carbocycles. The van der Waals surface area contributed by atoms with E-state index in [4.69, 9.17) is 0 Å². The van der Waals surface area contributed by atoms with E-state index in [0.717, 1.165) is 12.8 Å². The van der Waals surface area contributed by atoms with Crippen LogP contribution in [0.25, 0.3) is 0 Å². The van der Waals surface area contributed by atoms with Crippen molar-refractivity contribution in [2.75, 3.05) is 11.9 Å². The number of nitrogens with one attached hydrogen (secondary N) is 3. The summed E-state index contributed by atoms with van der Waals surface area (Å²) in [5.41, 5.74) is 1.10. The molecule has 0 saturated carbocycles. The normalized spacial score (nSPS) is 16.7. The Hall–Kier alpha value is -4.15. The summed E-state index contributed by atoms with van der Waals surface area (Å²) in [6, 6.07) is 13.6. The number of carbonyl (C=O) groups is 4. The molecule has 0 aliphatic carbocycles. The molecule has 0 spiro atoms. The Morgan fingerprint density at radius 1 is 0.951 bits per heavy atom. The highest BCUT2D eigenvalue weighted by molar-refractivity contribution is 5.99. The first-order valence-electron chi connectivity index (χ1n) is 13.6. The molecule has 2 aromatic rings. The van der Waals surface area contributed by atoms with E-state index >= 15 is 0 Å². The number of nitrogens with zero attached hydrogens (tertiary/aromatic N) is 1. The summed E-state index contributed by atoms with van der Waals surface area (Å²) in [6.07, 6.45) is 0.828. The van der Waals surface area contributed by atoms with E-state index in [0.29, 0.717) is 24.1 Å². The predicted molar refractivity (Wildman–Crippen MR) is 149 cm³/mol. The van der Waals surface area contributed by atoms with Crippen LogP contribution >= 0.6 is 0 Å². The smallest absolute Gasteiger partial charge is 0.342 e. The van der Waals surface area contributed by atoms with Gasteiger partial charge in [-0.15, -0.1) is 0 Å². The van der Waals surface area contributed by atoms with Gasteiger partial charge in [-0.25, -0.2) is 0 Å². The molecular weight excluding hydrogens is 537 g/mol. The van der Waals surface area contributed by atoms with Crippen molar-refractivity contribution in [2.45, 2.75) is 69.8 Å². The van der Waals surface area contributed by atoms with E-state index in [1.54, 1.807) is 66.0 Å². The fourth-order valence-corrected chi connectivity index (χ4v) is 4.56. The fraction of sp³-hybridized carbons (Fsp3) is 0.400. The van der Waals surface area contributed by atoms with E-state index in [2.05, 4.69) is 10.6 Å². The molecule has 41 heavy (non-hydrogen) atoms. The van der Waals surface area contributed by atoms with Crippen LogP contribution in [0, 0.1) is 0 Å². The van der Waals surface area contributed by atoms with E-state index in [9.17, 15) is 32.3 Å². The van der Waals surface area contributed by atoms with E-state index < -0.39 is 42.0 Å². The van der Waals surface area contributed by atoms with Crippen molar-refractivity contribution >= 4 is 29.3 Å². The van der Waals surface area contributed by atoms with Crippen molar-refractivity contribution in [3.05, 3.63) is 78.4 Å². The van der Waals surface area contributed by atoms with E-state index in [1.165, 1.54) is 4.90 Å². The summed E-state index contributed by atoms with van der Waals surface area (Å²) >= 11 is 0. The first kappa shape index (κ1) is 31.4. The van der Waals surface area contributed by atoms with Gasteiger partial charge in [0.05, 0.1) is 0 Å². The maximum atomic E-state index is 13.7. The van der Waals surface area contributed by atoms with Crippen LogP contribution in [-0.2, 0) is 25.6 Å². The zero-order chi connectivity index (χ0) is 29.8. The van der Waals surface area contributed by atoms with Crippen LogP contribution in [0.4, 0.5) is 18.9 Å². The molecule has 0 aromatic heterocycles. The number of benzene rings is 2. The number of hydrogen-bond donors (Lipinski definition) is 3. The highest BCUT2D eigenvalue weighted by atomic mass is 19.4. The minimum atomic E-state index is -5.19. The highest BCUT2D eigenvalue weighted by Gasteiger charge is 2.42. The van der Waals surface area contributed by atoms with Gasteiger partial charge < -0.3 is 20.9 Å². The molecule has 3 rings (SSSR count). The number of para-hydroxylation sites is 1. The molecule has 220 valence electrons. The zero-order valence-corrected chi connectivity index (χ0v) is 22.8. The Kier molecular flexibility index (Phi) is 11.5. The molecule has 4 amide bonds. The van der Waals surface area contributed by atoms with Gasteiger partial charge in [-0.3, -0.25) is 19.2 Å². The number of carbonyl (C=O) groups excluding carboxylic acids is 4. The number of hydrogen-bond acceptors (Lipinski definition) is 4. The van der Waals surface area contributed by atoms with E-state index in [1.807, 2.05) is 19.1 Å². The molecule has 1 aliphatic rings. The van der Waals surface area contributed by atoms with Crippen LogP contribution in [0.2, 0.25) is 0 Å². The zero-order valence-electron chi connectivity index (χ0n) is 22.8.